The number of aromatic nitrogens is 1. The van der Waals surface area contributed by atoms with Gasteiger partial charge in [-0.3, -0.25) is 14.5 Å². The van der Waals surface area contributed by atoms with E-state index in [-0.39, 0.29) is 56.1 Å². The van der Waals surface area contributed by atoms with Crippen LogP contribution in [0.15, 0.2) is 35.1 Å². The summed E-state index contributed by atoms with van der Waals surface area (Å²) in [5, 5.41) is 12.9. The number of amides is 2. The van der Waals surface area contributed by atoms with E-state index in [1.54, 1.807) is 0 Å². The first-order chi connectivity index (χ1) is 15.9. The molecule has 2 atom stereocenters. The number of aliphatic hydroxyl groups is 1. The van der Waals surface area contributed by atoms with Gasteiger partial charge < -0.3 is 24.0 Å². The number of aldehydes is 1. The van der Waals surface area contributed by atoms with Gasteiger partial charge in [-0.05, 0) is 29.3 Å². The van der Waals surface area contributed by atoms with Gasteiger partial charge in [0.2, 0.25) is 0 Å². The van der Waals surface area contributed by atoms with E-state index < -0.39 is 35.8 Å². The van der Waals surface area contributed by atoms with E-state index in [1.165, 1.54) is 23.3 Å². The molecule has 1 aromatic carbocycles. The maximum absolute atomic E-state index is 14.9. The fourth-order valence-electron chi connectivity index (χ4n) is 3.64. The SMILES string of the molecule is O=C[C@H](O)C(=O)N1CC=C(c2c(F)cc(N3C[C@H](COc4ccon4)OC3=O)cc2F)CC1. The van der Waals surface area contributed by atoms with Crippen molar-refractivity contribution in [2.45, 2.75) is 18.6 Å². The molecule has 1 aromatic heterocycles. The van der Waals surface area contributed by atoms with Gasteiger partial charge in [0.05, 0.1) is 12.2 Å². The third kappa shape index (κ3) is 4.70. The summed E-state index contributed by atoms with van der Waals surface area (Å²) in [6, 6.07) is 3.56. The van der Waals surface area contributed by atoms with Gasteiger partial charge >= 0.3 is 6.09 Å². The zero-order valence-electron chi connectivity index (χ0n) is 17.1. The van der Waals surface area contributed by atoms with E-state index in [9.17, 15) is 28.3 Å². The average Bonchev–Trinajstić information content (AvgIpc) is 3.46. The Labute approximate surface area is 185 Å². The molecule has 0 unspecified atom stereocenters. The van der Waals surface area contributed by atoms with E-state index in [1.807, 2.05) is 0 Å². The quantitative estimate of drug-likeness (QED) is 0.485. The molecule has 0 bridgehead atoms. The second-order valence-electron chi connectivity index (χ2n) is 7.39. The smallest absolute Gasteiger partial charge is 0.414 e. The van der Waals surface area contributed by atoms with Crippen molar-refractivity contribution in [3.05, 3.63) is 47.7 Å². The number of anilines is 1. The lowest BCUT2D eigenvalue weighted by molar-refractivity contribution is -0.142. The molecule has 0 saturated carbocycles. The molecule has 174 valence electrons. The van der Waals surface area contributed by atoms with Crippen LogP contribution in [0, 0.1) is 11.6 Å². The number of aliphatic hydroxyl groups excluding tert-OH is 1. The molecule has 0 spiro atoms. The predicted molar refractivity (Wildman–Crippen MR) is 107 cm³/mol. The highest BCUT2D eigenvalue weighted by Crippen LogP contribution is 2.32. The average molecular weight is 463 g/mol. The molecule has 2 aliphatic rings. The fraction of sp³-hybridized carbons (Fsp3) is 0.333. The highest BCUT2D eigenvalue weighted by atomic mass is 19.1. The van der Waals surface area contributed by atoms with Gasteiger partial charge in [0.1, 0.15) is 24.5 Å². The lowest BCUT2D eigenvalue weighted by atomic mass is 9.97. The first kappa shape index (κ1) is 22.4. The minimum absolute atomic E-state index is 0.00858. The molecule has 12 heteroatoms. The van der Waals surface area contributed by atoms with Gasteiger partial charge in [-0.15, -0.1) is 0 Å². The molecule has 4 rings (SSSR count). The van der Waals surface area contributed by atoms with Crippen LogP contribution >= 0.6 is 0 Å². The zero-order valence-corrected chi connectivity index (χ0v) is 17.1. The van der Waals surface area contributed by atoms with E-state index in [2.05, 4.69) is 9.68 Å². The molecule has 0 radical (unpaired) electrons. The molecule has 3 heterocycles. The van der Waals surface area contributed by atoms with Crippen molar-refractivity contribution < 1.29 is 42.3 Å². The number of hydrogen-bond acceptors (Lipinski definition) is 8. The third-order valence-corrected chi connectivity index (χ3v) is 5.27. The lowest BCUT2D eigenvalue weighted by Gasteiger charge is -2.27. The summed E-state index contributed by atoms with van der Waals surface area (Å²) in [5.41, 5.74) is 0.0642. The largest absolute Gasteiger partial charge is 0.471 e. The van der Waals surface area contributed by atoms with Crippen LogP contribution in [-0.2, 0) is 14.3 Å². The summed E-state index contributed by atoms with van der Waals surface area (Å²) in [6.45, 7) is 0.0830. The molecular weight excluding hydrogens is 444 g/mol. The summed E-state index contributed by atoms with van der Waals surface area (Å²) in [5.74, 6) is -2.31. The van der Waals surface area contributed by atoms with Crippen LogP contribution < -0.4 is 9.64 Å². The van der Waals surface area contributed by atoms with E-state index in [0.717, 1.165) is 17.0 Å². The Balaban J connectivity index is 1.45. The van der Waals surface area contributed by atoms with Crippen molar-refractivity contribution in [3.63, 3.8) is 0 Å². The standard InChI is InChI=1S/C21H19F2N3O7/c22-15-7-13(26-9-14(33-21(26)30)11-31-18-3-6-32-24-18)8-16(23)19(15)12-1-4-25(5-2-12)20(29)17(28)10-27/h1,3,6-8,10,14,17,28H,2,4-5,9,11H2/t14-,17+/m1/s1. The van der Waals surface area contributed by atoms with Crippen molar-refractivity contribution in [1.82, 2.24) is 10.1 Å². The van der Waals surface area contributed by atoms with Crippen LogP contribution in [0.25, 0.3) is 5.57 Å². The number of hydrogen-bond donors (Lipinski definition) is 1. The first-order valence-electron chi connectivity index (χ1n) is 9.99. The number of cyclic esters (lactones) is 1. The van der Waals surface area contributed by atoms with Crippen LogP contribution in [0.2, 0.25) is 0 Å². The Morgan fingerprint density at radius 3 is 2.73 bits per heavy atom. The minimum Gasteiger partial charge on any atom is -0.471 e. The van der Waals surface area contributed by atoms with Crippen LogP contribution in [0.1, 0.15) is 12.0 Å². The lowest BCUT2D eigenvalue weighted by Crippen LogP contribution is -2.42. The molecule has 2 aromatic rings. The normalized spacial score (nSPS) is 19.2. The van der Waals surface area contributed by atoms with E-state index in [4.69, 9.17) is 9.47 Å². The Morgan fingerprint density at radius 1 is 1.36 bits per heavy atom. The Hall–Kier alpha value is -3.80. The van der Waals surface area contributed by atoms with Crippen LogP contribution in [0.4, 0.5) is 19.3 Å². The highest BCUT2D eigenvalue weighted by Gasteiger charge is 2.34. The number of rotatable bonds is 7. The second-order valence-corrected chi connectivity index (χ2v) is 7.39. The molecule has 1 saturated heterocycles. The molecule has 10 nitrogen and oxygen atoms in total. The maximum Gasteiger partial charge on any atom is 0.414 e. The van der Waals surface area contributed by atoms with Gasteiger partial charge in [0, 0.05) is 24.7 Å². The fourth-order valence-corrected chi connectivity index (χ4v) is 3.64. The van der Waals surface area contributed by atoms with Crippen LogP contribution in [-0.4, -0.2) is 71.9 Å². The number of nitrogens with zero attached hydrogens (tertiary/aromatic N) is 3. The number of halogens is 2. The minimum atomic E-state index is -1.77. The molecule has 1 fully saturated rings. The summed E-state index contributed by atoms with van der Waals surface area (Å²) in [6.07, 6.45) is -0.187. The number of ether oxygens (including phenoxy) is 2. The summed E-state index contributed by atoms with van der Waals surface area (Å²) in [4.78, 5) is 37.0. The first-order valence-corrected chi connectivity index (χ1v) is 9.99. The molecule has 2 amide bonds. The van der Waals surface area contributed by atoms with E-state index in [0.29, 0.717) is 5.57 Å². The van der Waals surface area contributed by atoms with Crippen molar-refractivity contribution in [2.24, 2.45) is 0 Å². The molecular formula is C21H19F2N3O7. The monoisotopic (exact) mass is 463 g/mol. The molecule has 2 aliphatic heterocycles. The van der Waals surface area contributed by atoms with Gasteiger partial charge in [-0.2, -0.15) is 0 Å². The number of benzene rings is 1. The summed E-state index contributed by atoms with van der Waals surface area (Å²) < 4.78 is 44.9. The van der Waals surface area contributed by atoms with Crippen molar-refractivity contribution >= 4 is 29.5 Å². The Morgan fingerprint density at radius 2 is 2.12 bits per heavy atom. The van der Waals surface area contributed by atoms with Gasteiger partial charge in [0.15, 0.2) is 18.5 Å². The zero-order chi connectivity index (χ0) is 23.5. The number of carbonyl (C=O) groups excluding carboxylic acids is 3. The van der Waals surface area contributed by atoms with Gasteiger partial charge in [-0.1, -0.05) is 6.08 Å². The Bertz CT molecular complexity index is 1070. The second kappa shape index (κ2) is 9.36. The highest BCUT2D eigenvalue weighted by molar-refractivity contribution is 5.94. The van der Waals surface area contributed by atoms with Crippen molar-refractivity contribution in [2.75, 3.05) is 31.1 Å². The van der Waals surface area contributed by atoms with Gasteiger partial charge in [-0.25, -0.2) is 13.6 Å². The summed E-state index contributed by atoms with van der Waals surface area (Å²) >= 11 is 0. The van der Waals surface area contributed by atoms with Crippen LogP contribution in [0.5, 0.6) is 5.88 Å². The van der Waals surface area contributed by atoms with E-state index >= 15 is 0 Å². The van der Waals surface area contributed by atoms with Crippen molar-refractivity contribution in [3.8, 4) is 5.88 Å². The molecule has 0 aliphatic carbocycles. The topological polar surface area (TPSA) is 122 Å². The van der Waals surface area contributed by atoms with Crippen molar-refractivity contribution in [1.29, 1.82) is 0 Å². The maximum atomic E-state index is 14.9. The van der Waals surface area contributed by atoms with Gasteiger partial charge in [0.25, 0.3) is 11.8 Å². The Kier molecular flexibility index (Phi) is 6.36. The summed E-state index contributed by atoms with van der Waals surface area (Å²) in [7, 11) is 0. The number of carbonyl (C=O) groups is 3. The predicted octanol–water partition coefficient (Wildman–Crippen LogP) is 1.53. The third-order valence-electron chi connectivity index (χ3n) is 5.27. The van der Waals surface area contributed by atoms with Crippen LogP contribution in [0.3, 0.4) is 0 Å². The molecule has 33 heavy (non-hydrogen) atoms. The molecule has 1 N–H and O–H groups in total.